The van der Waals surface area contributed by atoms with Gasteiger partial charge in [0.05, 0.1) is 6.61 Å². The van der Waals surface area contributed by atoms with Crippen LogP contribution in [-0.4, -0.2) is 37.7 Å². The molecule has 1 aromatic rings. The van der Waals surface area contributed by atoms with Crippen LogP contribution in [0.1, 0.15) is 45.1 Å². The molecule has 29 heavy (non-hydrogen) atoms. The lowest BCUT2D eigenvalue weighted by Crippen LogP contribution is -2.42. The number of hydrogen-bond acceptors (Lipinski definition) is 5. The van der Waals surface area contributed by atoms with Crippen LogP contribution in [0.15, 0.2) is 24.3 Å². The van der Waals surface area contributed by atoms with Gasteiger partial charge in [-0.1, -0.05) is 25.8 Å². The van der Waals surface area contributed by atoms with Crippen LogP contribution >= 0.6 is 0 Å². The molecule has 0 heterocycles. The fourth-order valence-electron chi connectivity index (χ4n) is 3.22. The van der Waals surface area contributed by atoms with Crippen molar-refractivity contribution in [1.29, 1.82) is 0 Å². The molecule has 0 saturated heterocycles. The monoisotopic (exact) mass is 411 g/mol. The molecule has 2 atom stereocenters. The molecule has 1 aromatic carbocycles. The molecule has 8 heteroatoms. The summed E-state index contributed by atoms with van der Waals surface area (Å²) in [5.41, 5.74) is 0.535. The number of hydrogen-bond donors (Lipinski definition) is 1. The number of ether oxygens (including phenoxy) is 3. The van der Waals surface area contributed by atoms with Gasteiger partial charge in [0, 0.05) is 12.1 Å². The summed E-state index contributed by atoms with van der Waals surface area (Å²) in [5.74, 6) is -0.528. The van der Waals surface area contributed by atoms with Gasteiger partial charge in [0.15, 0.2) is 18.1 Å². The van der Waals surface area contributed by atoms with E-state index in [0.29, 0.717) is 11.5 Å². The second-order valence-corrected chi connectivity index (χ2v) is 6.89. The average Bonchev–Trinajstić information content (AvgIpc) is 2.68. The maximum atomic E-state index is 12.4. The zero-order valence-corrected chi connectivity index (χ0v) is 16.7. The first-order chi connectivity index (χ1) is 13.9. The largest absolute Gasteiger partial charge is 0.490 e. The minimum atomic E-state index is -2.96. The van der Waals surface area contributed by atoms with Crippen LogP contribution in [0, 0.1) is 5.92 Å². The van der Waals surface area contributed by atoms with Gasteiger partial charge in [-0.25, -0.2) is 4.79 Å². The molecule has 1 fully saturated rings. The Labute approximate surface area is 169 Å². The maximum absolute atomic E-state index is 12.4. The van der Waals surface area contributed by atoms with E-state index in [0.717, 1.165) is 25.3 Å². The van der Waals surface area contributed by atoms with Crippen LogP contribution in [0.5, 0.6) is 11.5 Å². The number of amides is 1. The second-order valence-electron chi connectivity index (χ2n) is 6.89. The highest BCUT2D eigenvalue weighted by Gasteiger charge is 2.23. The van der Waals surface area contributed by atoms with Crippen LogP contribution in [-0.2, 0) is 14.3 Å². The molecule has 0 radical (unpaired) electrons. The Balaban J connectivity index is 1.86. The van der Waals surface area contributed by atoms with Gasteiger partial charge in [0.2, 0.25) is 0 Å². The van der Waals surface area contributed by atoms with Crippen LogP contribution in [0.4, 0.5) is 8.78 Å². The number of alkyl halides is 2. The van der Waals surface area contributed by atoms with Crippen LogP contribution in [0.2, 0.25) is 0 Å². The lowest BCUT2D eigenvalue weighted by Gasteiger charge is -2.29. The van der Waals surface area contributed by atoms with Crippen LogP contribution < -0.4 is 14.8 Å². The van der Waals surface area contributed by atoms with Gasteiger partial charge in [-0.05, 0) is 49.5 Å². The zero-order valence-electron chi connectivity index (χ0n) is 16.7. The van der Waals surface area contributed by atoms with E-state index in [4.69, 9.17) is 9.47 Å². The number of nitrogens with one attached hydrogen (secondary N) is 1. The first-order valence-electron chi connectivity index (χ1n) is 9.75. The van der Waals surface area contributed by atoms with E-state index in [2.05, 4.69) is 17.0 Å². The Bertz CT molecular complexity index is 723. The van der Waals surface area contributed by atoms with Gasteiger partial charge in [-0.3, -0.25) is 4.79 Å². The number of carbonyl (C=O) groups is 2. The summed E-state index contributed by atoms with van der Waals surface area (Å²) >= 11 is 0. The van der Waals surface area contributed by atoms with Gasteiger partial charge in [-0.2, -0.15) is 8.78 Å². The molecular formula is C21H27F2NO5. The third-order valence-electron chi connectivity index (χ3n) is 4.70. The van der Waals surface area contributed by atoms with Crippen LogP contribution in [0.3, 0.4) is 0 Å². The summed E-state index contributed by atoms with van der Waals surface area (Å²) in [6.07, 6.45) is 6.89. The van der Waals surface area contributed by atoms with E-state index in [-0.39, 0.29) is 36.7 Å². The van der Waals surface area contributed by atoms with Gasteiger partial charge < -0.3 is 19.5 Å². The Hall–Kier alpha value is -2.64. The molecule has 0 aliphatic heterocycles. The van der Waals surface area contributed by atoms with Gasteiger partial charge >= 0.3 is 12.6 Å². The number of esters is 1. The first kappa shape index (κ1) is 22.6. The molecule has 1 aliphatic carbocycles. The highest BCUT2D eigenvalue weighted by atomic mass is 19.3. The van der Waals surface area contributed by atoms with Crippen molar-refractivity contribution in [1.82, 2.24) is 5.32 Å². The summed E-state index contributed by atoms with van der Waals surface area (Å²) in [6.45, 7) is 0.771. The molecule has 6 nitrogen and oxygen atoms in total. The fourth-order valence-corrected chi connectivity index (χ4v) is 3.22. The molecule has 1 aliphatic rings. The topological polar surface area (TPSA) is 73.9 Å². The molecule has 0 aromatic heterocycles. The first-order valence-corrected chi connectivity index (χ1v) is 9.75. The van der Waals surface area contributed by atoms with E-state index >= 15 is 0 Å². The highest BCUT2D eigenvalue weighted by Crippen LogP contribution is 2.30. The summed E-state index contributed by atoms with van der Waals surface area (Å²) in [5, 5.41) is 2.91. The Morgan fingerprint density at radius 1 is 1.24 bits per heavy atom. The molecule has 0 spiro atoms. The van der Waals surface area contributed by atoms with Crippen molar-refractivity contribution in [3.05, 3.63) is 29.8 Å². The van der Waals surface area contributed by atoms with E-state index in [1.54, 1.807) is 6.92 Å². The quantitative estimate of drug-likeness (QED) is 0.492. The van der Waals surface area contributed by atoms with Gasteiger partial charge in [0.25, 0.3) is 5.91 Å². The highest BCUT2D eigenvalue weighted by molar-refractivity contribution is 5.89. The van der Waals surface area contributed by atoms with E-state index < -0.39 is 12.6 Å². The SMILES string of the molecule is CCOc1cc(/C=C/C(=O)OCC(=O)N[C@H]2CCCC[C@H]2C)ccc1OC(F)F. The van der Waals surface area contributed by atoms with Crippen molar-refractivity contribution in [3.8, 4) is 11.5 Å². The minimum Gasteiger partial charge on any atom is -0.490 e. The van der Waals surface area contributed by atoms with Crippen molar-refractivity contribution in [2.24, 2.45) is 5.92 Å². The Kier molecular flexibility index (Phi) is 8.89. The van der Waals surface area contributed by atoms with Crippen molar-refractivity contribution in [3.63, 3.8) is 0 Å². The summed E-state index contributed by atoms with van der Waals surface area (Å²) in [7, 11) is 0. The third kappa shape index (κ3) is 7.71. The van der Waals surface area contributed by atoms with E-state index in [1.807, 2.05) is 0 Å². The van der Waals surface area contributed by atoms with E-state index in [1.165, 1.54) is 30.7 Å². The molecule has 1 amide bonds. The summed E-state index contributed by atoms with van der Waals surface area (Å²) in [4.78, 5) is 23.8. The number of rotatable bonds is 9. The Morgan fingerprint density at radius 3 is 2.69 bits per heavy atom. The molecular weight excluding hydrogens is 384 g/mol. The predicted molar refractivity (Wildman–Crippen MR) is 104 cm³/mol. The molecule has 1 saturated carbocycles. The molecule has 0 unspecified atom stereocenters. The lowest BCUT2D eigenvalue weighted by atomic mass is 9.86. The number of carbonyl (C=O) groups excluding carboxylic acids is 2. The standard InChI is InChI=1S/C21H27F2NO5/c1-3-27-18-12-15(8-10-17(18)29-21(22)23)9-11-20(26)28-13-19(25)24-16-7-5-4-6-14(16)2/h8-12,14,16,21H,3-7,13H2,1-2H3,(H,24,25)/b11-9+/t14-,16+/m1/s1. The third-order valence-corrected chi connectivity index (χ3v) is 4.70. The van der Waals surface area contributed by atoms with Crippen molar-refractivity contribution >= 4 is 18.0 Å². The predicted octanol–water partition coefficient (Wildman–Crippen LogP) is 3.94. The van der Waals surface area contributed by atoms with Crippen molar-refractivity contribution < 1.29 is 32.6 Å². The molecule has 1 N–H and O–H groups in total. The summed E-state index contributed by atoms with van der Waals surface area (Å²) in [6, 6.07) is 4.43. The van der Waals surface area contributed by atoms with Gasteiger partial charge in [0.1, 0.15) is 0 Å². The van der Waals surface area contributed by atoms with Gasteiger partial charge in [-0.15, -0.1) is 0 Å². The summed E-state index contributed by atoms with van der Waals surface area (Å²) < 4.78 is 39.5. The average molecular weight is 411 g/mol. The fraction of sp³-hybridized carbons (Fsp3) is 0.524. The minimum absolute atomic E-state index is 0.0878. The van der Waals surface area contributed by atoms with Crippen LogP contribution in [0.25, 0.3) is 6.08 Å². The normalized spacial score (nSPS) is 19.2. The van der Waals surface area contributed by atoms with Crippen molar-refractivity contribution in [2.75, 3.05) is 13.2 Å². The smallest absolute Gasteiger partial charge is 0.387 e. The maximum Gasteiger partial charge on any atom is 0.387 e. The number of benzene rings is 1. The molecule has 160 valence electrons. The zero-order chi connectivity index (χ0) is 21.2. The van der Waals surface area contributed by atoms with E-state index in [9.17, 15) is 18.4 Å². The lowest BCUT2D eigenvalue weighted by molar-refractivity contribution is -0.144. The molecule has 2 rings (SSSR count). The second kappa shape index (κ2) is 11.4. The number of halogens is 2. The Morgan fingerprint density at radius 2 is 2.00 bits per heavy atom. The molecule has 0 bridgehead atoms. The van der Waals surface area contributed by atoms with Crippen molar-refractivity contribution in [2.45, 2.75) is 52.2 Å².